The van der Waals surface area contributed by atoms with Crippen LogP contribution >= 0.6 is 22.7 Å². The number of hydrogen-bond donors (Lipinski definition) is 1. The molecular weight excluding hydrogens is 438 g/mol. The SMILES string of the molecule is CCOC(=O)c1c(-c2cccs2)csc1NC(=O)CCn1cnc2c(cnn2C)c1=O. The van der Waals surface area contributed by atoms with Gasteiger partial charge in [-0.25, -0.2) is 9.78 Å². The summed E-state index contributed by atoms with van der Waals surface area (Å²) >= 11 is 2.77. The Hall–Kier alpha value is -3.31. The number of nitrogens with zero attached hydrogens (tertiary/aromatic N) is 4. The Morgan fingerprint density at radius 1 is 1.29 bits per heavy atom. The van der Waals surface area contributed by atoms with Crippen LogP contribution in [0.5, 0.6) is 0 Å². The average molecular weight is 458 g/mol. The van der Waals surface area contributed by atoms with E-state index in [1.165, 1.54) is 44.4 Å². The number of nitrogens with one attached hydrogen (secondary N) is 1. The molecule has 160 valence electrons. The van der Waals surface area contributed by atoms with Crippen LogP contribution in [0.15, 0.2) is 40.2 Å². The van der Waals surface area contributed by atoms with Crippen LogP contribution in [0.3, 0.4) is 0 Å². The van der Waals surface area contributed by atoms with E-state index in [1.807, 2.05) is 22.9 Å². The summed E-state index contributed by atoms with van der Waals surface area (Å²) in [5.41, 5.74) is 1.31. The van der Waals surface area contributed by atoms with Crippen molar-refractivity contribution in [3.8, 4) is 10.4 Å². The molecule has 31 heavy (non-hydrogen) atoms. The van der Waals surface area contributed by atoms with Crippen molar-refractivity contribution in [1.82, 2.24) is 19.3 Å². The van der Waals surface area contributed by atoms with Crippen LogP contribution in [-0.4, -0.2) is 37.8 Å². The number of rotatable bonds is 7. The van der Waals surface area contributed by atoms with Crippen LogP contribution in [-0.2, 0) is 23.1 Å². The van der Waals surface area contributed by atoms with Crippen LogP contribution < -0.4 is 10.9 Å². The van der Waals surface area contributed by atoms with Crippen molar-refractivity contribution in [3.05, 3.63) is 51.3 Å². The third-order valence-electron chi connectivity index (χ3n) is 4.61. The molecule has 0 spiro atoms. The lowest BCUT2D eigenvalue weighted by Crippen LogP contribution is -2.23. The van der Waals surface area contributed by atoms with Gasteiger partial charge < -0.3 is 10.1 Å². The van der Waals surface area contributed by atoms with Crippen LogP contribution in [0.2, 0.25) is 0 Å². The summed E-state index contributed by atoms with van der Waals surface area (Å²) in [7, 11) is 1.71. The molecule has 11 heteroatoms. The summed E-state index contributed by atoms with van der Waals surface area (Å²) in [5, 5.41) is 11.4. The molecule has 0 bridgehead atoms. The van der Waals surface area contributed by atoms with Crippen LogP contribution in [0.25, 0.3) is 21.5 Å². The maximum atomic E-state index is 12.6. The average Bonchev–Trinajstić information content (AvgIpc) is 3.48. The normalized spacial score (nSPS) is 11.0. The first-order chi connectivity index (χ1) is 15.0. The van der Waals surface area contributed by atoms with Crippen molar-refractivity contribution in [2.24, 2.45) is 7.05 Å². The Bertz CT molecular complexity index is 1300. The van der Waals surface area contributed by atoms with E-state index in [0.717, 1.165) is 10.4 Å². The van der Waals surface area contributed by atoms with Crippen molar-refractivity contribution >= 4 is 50.6 Å². The molecule has 0 saturated heterocycles. The van der Waals surface area contributed by atoms with Gasteiger partial charge >= 0.3 is 5.97 Å². The van der Waals surface area contributed by atoms with Crippen molar-refractivity contribution in [1.29, 1.82) is 0 Å². The second kappa shape index (κ2) is 8.82. The van der Waals surface area contributed by atoms with E-state index in [2.05, 4.69) is 15.4 Å². The highest BCUT2D eigenvalue weighted by molar-refractivity contribution is 7.17. The minimum absolute atomic E-state index is 0.0435. The molecule has 0 radical (unpaired) electrons. The minimum atomic E-state index is -0.482. The molecule has 0 fully saturated rings. The molecule has 4 aromatic rings. The van der Waals surface area contributed by atoms with E-state index in [4.69, 9.17) is 4.74 Å². The van der Waals surface area contributed by atoms with Crippen molar-refractivity contribution in [2.45, 2.75) is 19.9 Å². The van der Waals surface area contributed by atoms with Gasteiger partial charge in [-0.2, -0.15) is 5.10 Å². The number of carbonyl (C=O) groups excluding carboxylic acids is 2. The summed E-state index contributed by atoms with van der Waals surface area (Å²) in [6.07, 6.45) is 2.91. The first-order valence-corrected chi connectivity index (χ1v) is 11.2. The molecule has 4 aromatic heterocycles. The molecular formula is C20H19N5O4S2. The number of esters is 1. The number of carbonyl (C=O) groups is 2. The number of anilines is 1. The van der Waals surface area contributed by atoms with Gasteiger partial charge in [-0.05, 0) is 18.4 Å². The maximum absolute atomic E-state index is 12.6. The first kappa shape index (κ1) is 20.9. The van der Waals surface area contributed by atoms with Gasteiger partial charge in [0.1, 0.15) is 16.0 Å². The van der Waals surface area contributed by atoms with Crippen LogP contribution in [0.4, 0.5) is 5.00 Å². The van der Waals surface area contributed by atoms with Gasteiger partial charge in [-0.1, -0.05) is 6.07 Å². The largest absolute Gasteiger partial charge is 0.462 e. The Balaban J connectivity index is 1.52. The Morgan fingerprint density at radius 2 is 2.13 bits per heavy atom. The zero-order valence-corrected chi connectivity index (χ0v) is 18.5. The summed E-state index contributed by atoms with van der Waals surface area (Å²) in [6, 6.07) is 3.81. The summed E-state index contributed by atoms with van der Waals surface area (Å²) in [6.45, 7) is 2.12. The molecule has 0 aliphatic heterocycles. The van der Waals surface area contributed by atoms with Gasteiger partial charge in [0.15, 0.2) is 5.65 Å². The lowest BCUT2D eigenvalue weighted by Gasteiger charge is -2.09. The standard InChI is InChI=1S/C20H19N5O4S2/c1-3-29-20(28)16-13(14-5-4-8-30-14)10-31-18(16)23-15(26)6-7-25-11-21-17-12(19(25)27)9-22-24(17)2/h4-5,8-11H,3,6-7H2,1-2H3,(H,23,26). The van der Waals surface area contributed by atoms with E-state index in [-0.39, 0.29) is 31.0 Å². The van der Waals surface area contributed by atoms with Gasteiger partial charge in [0.05, 0.1) is 19.1 Å². The predicted molar refractivity (Wildman–Crippen MR) is 120 cm³/mol. The molecule has 4 rings (SSSR count). The monoisotopic (exact) mass is 457 g/mol. The topological polar surface area (TPSA) is 108 Å². The van der Waals surface area contributed by atoms with Gasteiger partial charge in [0.25, 0.3) is 5.56 Å². The third kappa shape index (κ3) is 4.14. The van der Waals surface area contributed by atoms with Gasteiger partial charge in [0.2, 0.25) is 5.91 Å². The molecule has 0 atom stereocenters. The Kier molecular flexibility index (Phi) is 5.96. The van der Waals surface area contributed by atoms with Crippen molar-refractivity contribution < 1.29 is 14.3 Å². The molecule has 0 aliphatic carbocycles. The second-order valence-electron chi connectivity index (χ2n) is 6.60. The van der Waals surface area contributed by atoms with Gasteiger partial charge in [0, 0.05) is 35.8 Å². The van der Waals surface area contributed by atoms with Gasteiger partial charge in [-0.15, -0.1) is 22.7 Å². The van der Waals surface area contributed by atoms with Crippen LogP contribution in [0, 0.1) is 0 Å². The zero-order valence-electron chi connectivity index (χ0n) is 16.8. The van der Waals surface area contributed by atoms with E-state index >= 15 is 0 Å². The van der Waals surface area contributed by atoms with Gasteiger partial charge in [-0.3, -0.25) is 18.8 Å². The zero-order chi connectivity index (χ0) is 22.0. The molecule has 0 aromatic carbocycles. The number of aromatic nitrogens is 4. The van der Waals surface area contributed by atoms with Crippen molar-refractivity contribution in [3.63, 3.8) is 0 Å². The maximum Gasteiger partial charge on any atom is 0.341 e. The molecule has 1 N–H and O–H groups in total. The van der Waals surface area contributed by atoms with Crippen molar-refractivity contribution in [2.75, 3.05) is 11.9 Å². The fourth-order valence-electron chi connectivity index (χ4n) is 3.11. The molecule has 0 saturated carbocycles. The smallest absolute Gasteiger partial charge is 0.341 e. The third-order valence-corrected chi connectivity index (χ3v) is 6.41. The predicted octanol–water partition coefficient (Wildman–Crippen LogP) is 3.13. The number of thiophene rings is 2. The Labute approximate surface area is 184 Å². The lowest BCUT2D eigenvalue weighted by atomic mass is 10.1. The number of aryl methyl sites for hydroxylation is 2. The number of amides is 1. The molecule has 0 aliphatic rings. The number of fused-ring (bicyclic) bond motifs is 1. The number of ether oxygens (including phenoxy) is 1. The highest BCUT2D eigenvalue weighted by atomic mass is 32.1. The fourth-order valence-corrected chi connectivity index (χ4v) is 4.89. The van der Waals surface area contributed by atoms with E-state index < -0.39 is 5.97 Å². The van der Waals surface area contributed by atoms with E-state index in [0.29, 0.717) is 21.6 Å². The molecule has 9 nitrogen and oxygen atoms in total. The lowest BCUT2D eigenvalue weighted by molar-refractivity contribution is -0.116. The first-order valence-electron chi connectivity index (χ1n) is 9.49. The molecule has 0 unspecified atom stereocenters. The summed E-state index contributed by atoms with van der Waals surface area (Å²) in [5.74, 6) is -0.798. The second-order valence-corrected chi connectivity index (χ2v) is 8.43. The minimum Gasteiger partial charge on any atom is -0.462 e. The van der Waals surface area contributed by atoms with E-state index in [9.17, 15) is 14.4 Å². The molecule has 1 amide bonds. The highest BCUT2D eigenvalue weighted by Gasteiger charge is 2.23. The fraction of sp³-hybridized carbons (Fsp3) is 0.250. The highest BCUT2D eigenvalue weighted by Crippen LogP contribution is 2.38. The summed E-state index contributed by atoms with van der Waals surface area (Å²) in [4.78, 5) is 42.8. The van der Waals surface area contributed by atoms with E-state index in [1.54, 1.807) is 14.0 Å². The van der Waals surface area contributed by atoms with Crippen LogP contribution in [0.1, 0.15) is 23.7 Å². The number of hydrogen-bond acceptors (Lipinski definition) is 8. The summed E-state index contributed by atoms with van der Waals surface area (Å²) < 4.78 is 8.09. The quantitative estimate of drug-likeness (QED) is 0.427. The Morgan fingerprint density at radius 3 is 2.87 bits per heavy atom. The molecule has 4 heterocycles.